The van der Waals surface area contributed by atoms with Crippen molar-refractivity contribution in [1.82, 2.24) is 78.3 Å². The highest BCUT2D eigenvalue weighted by molar-refractivity contribution is 6.06. The van der Waals surface area contributed by atoms with Crippen LogP contribution in [0.4, 0.5) is 39.5 Å². The number of amides is 4. The van der Waals surface area contributed by atoms with Gasteiger partial charge >= 0.3 is 18.5 Å². The van der Waals surface area contributed by atoms with Crippen molar-refractivity contribution in [2.75, 3.05) is 52.4 Å². The summed E-state index contributed by atoms with van der Waals surface area (Å²) in [5.74, 6) is 3.68. The van der Waals surface area contributed by atoms with Crippen molar-refractivity contribution >= 4 is 57.3 Å². The van der Waals surface area contributed by atoms with E-state index in [0.717, 1.165) is 29.9 Å². The number of fused-ring (bicyclic) bond motifs is 8. The number of aromatic nitrogens is 12. The fourth-order valence-electron chi connectivity index (χ4n) is 20.1. The van der Waals surface area contributed by atoms with Crippen LogP contribution in [0.5, 0.6) is 0 Å². The Hall–Kier alpha value is -11.4. The molecule has 12 heterocycles. The van der Waals surface area contributed by atoms with Crippen LogP contribution in [0.15, 0.2) is 183 Å². The zero-order valence-electron chi connectivity index (χ0n) is 62.3. The van der Waals surface area contributed by atoms with Crippen LogP contribution in [0.1, 0.15) is 161 Å². The first-order chi connectivity index (χ1) is 54.8. The summed E-state index contributed by atoms with van der Waals surface area (Å²) >= 11 is 0. The molecule has 12 aromatic rings. The van der Waals surface area contributed by atoms with E-state index in [1.807, 2.05) is 21.9 Å². The van der Waals surface area contributed by atoms with E-state index in [2.05, 4.69) is 76.3 Å². The second-order valence-corrected chi connectivity index (χ2v) is 31.9. The number of rotatable bonds is 8. The molecule has 114 heavy (non-hydrogen) atoms. The van der Waals surface area contributed by atoms with E-state index in [-0.39, 0.29) is 82.7 Å². The number of aromatic amines is 1. The third-order valence-corrected chi connectivity index (χ3v) is 25.2. The number of H-pyrrole nitrogens is 1. The van der Waals surface area contributed by atoms with E-state index in [9.17, 15) is 58.7 Å². The van der Waals surface area contributed by atoms with Gasteiger partial charge in [-0.2, -0.15) is 49.6 Å². The van der Waals surface area contributed by atoms with Crippen molar-refractivity contribution in [2.24, 2.45) is 54.4 Å². The summed E-state index contributed by atoms with van der Waals surface area (Å²) in [5, 5.41) is 10.2. The normalized spacial score (nSPS) is 24.3. The largest absolute Gasteiger partial charge is 0.416 e. The molecule has 0 radical (unpaired) electrons. The molecule has 4 saturated carbocycles. The Bertz CT molecular complexity index is 5360. The summed E-state index contributed by atoms with van der Waals surface area (Å²) in [6, 6.07) is 37.2. The highest BCUT2D eigenvalue weighted by atomic mass is 19.4. The highest BCUT2D eigenvalue weighted by Gasteiger charge is 2.50. The summed E-state index contributed by atoms with van der Waals surface area (Å²) in [7, 11) is 1.76. The minimum Gasteiger partial charge on any atom is -0.345 e. The number of carbonyl (C=O) groups is 4. The molecule has 4 aliphatic heterocycles. The molecular formula is C85H81F9N16O4. The Morgan fingerprint density at radius 3 is 1.32 bits per heavy atom. The van der Waals surface area contributed by atoms with Crippen molar-refractivity contribution in [3.8, 4) is 0 Å². The van der Waals surface area contributed by atoms with E-state index >= 15 is 0 Å². The van der Waals surface area contributed by atoms with Crippen LogP contribution >= 0.6 is 0 Å². The Morgan fingerprint density at radius 2 is 0.825 bits per heavy atom. The number of imidazole rings is 1. The van der Waals surface area contributed by atoms with Gasteiger partial charge in [0.2, 0.25) is 11.6 Å². The van der Waals surface area contributed by atoms with E-state index in [1.54, 1.807) is 134 Å². The van der Waals surface area contributed by atoms with Crippen LogP contribution in [0.3, 0.4) is 0 Å². The molecule has 0 spiro atoms. The molecule has 4 aliphatic carbocycles. The molecule has 0 bridgehead atoms. The smallest absolute Gasteiger partial charge is 0.345 e. The van der Waals surface area contributed by atoms with Gasteiger partial charge in [-0.1, -0.05) is 78.9 Å². The molecule has 20 rings (SSSR count). The third kappa shape index (κ3) is 14.7. The Labute approximate surface area is 648 Å². The van der Waals surface area contributed by atoms with Gasteiger partial charge in [0.1, 0.15) is 11.3 Å². The number of hydrogen-bond donors (Lipinski definition) is 1. The number of nitrogens with one attached hydrogen (secondary N) is 1. The number of nitrogens with zero attached hydrogens (tertiary/aromatic N) is 15. The molecule has 4 unspecified atom stereocenters. The number of likely N-dealkylation sites (tertiary alicyclic amines) is 4. The highest BCUT2D eigenvalue weighted by Crippen LogP contribution is 2.53. The van der Waals surface area contributed by atoms with Crippen LogP contribution in [-0.4, -0.2) is 154 Å². The molecule has 8 aliphatic rings. The molecule has 4 aromatic carbocycles. The van der Waals surface area contributed by atoms with Crippen LogP contribution in [0.25, 0.3) is 33.6 Å². The van der Waals surface area contributed by atoms with Crippen molar-refractivity contribution in [3.05, 3.63) is 250 Å². The minimum atomic E-state index is -4.34. The topological polar surface area (TPSA) is 214 Å². The lowest BCUT2D eigenvalue weighted by molar-refractivity contribution is -0.139. The van der Waals surface area contributed by atoms with Crippen LogP contribution < -0.4 is 0 Å². The Morgan fingerprint density at radius 1 is 0.412 bits per heavy atom. The van der Waals surface area contributed by atoms with Crippen LogP contribution in [0, 0.1) is 54.3 Å². The second-order valence-electron chi connectivity index (χ2n) is 31.9. The van der Waals surface area contributed by atoms with Gasteiger partial charge in [-0.3, -0.25) is 23.6 Å². The van der Waals surface area contributed by atoms with Gasteiger partial charge in [-0.15, -0.1) is 5.10 Å². The lowest BCUT2D eigenvalue weighted by Gasteiger charge is -2.21. The van der Waals surface area contributed by atoms with Gasteiger partial charge < -0.3 is 24.6 Å². The number of alkyl halides is 9. The monoisotopic (exact) mass is 1560 g/mol. The van der Waals surface area contributed by atoms with Crippen LogP contribution in [0.2, 0.25) is 0 Å². The molecule has 20 nitrogen and oxygen atoms in total. The zero-order chi connectivity index (χ0) is 79.1. The molecule has 29 heteroatoms. The summed E-state index contributed by atoms with van der Waals surface area (Å²) < 4.78 is 125. The predicted molar refractivity (Wildman–Crippen MR) is 403 cm³/mol. The number of pyridine rings is 2. The SMILES string of the molecule is Cc1ccccc1C1C[C@@H]2CN(C(=O)c3nc4ncccn4n3)C[C@@H]2C1.Cn1nc(C(=O)N2C[C@H]3CC(c4ccccc4C(F)(F)F)C[C@H]3C2)c2cccnc21.O=C(c1c[nH]c2ncccc12)N1C[C@H]2CC(c3ccccc3C(F)(F)F)C[C@H]2C1.O=C(c1cnc2ncccn12)N1C[C@H]2CC(c3ccccc3C(F)(F)F)C[C@H]2C1. The second kappa shape index (κ2) is 30.2. The Kier molecular flexibility index (Phi) is 19.9. The maximum absolute atomic E-state index is 13.4. The number of aryl methyl sites for hydroxylation is 2. The zero-order valence-corrected chi connectivity index (χ0v) is 62.3. The maximum atomic E-state index is 13.4. The summed E-state index contributed by atoms with van der Waals surface area (Å²) in [6.45, 7) is 7.29. The van der Waals surface area contributed by atoms with E-state index in [1.165, 1.54) is 60.5 Å². The Balaban J connectivity index is 0.000000110. The lowest BCUT2D eigenvalue weighted by Crippen LogP contribution is -2.30. The summed E-state index contributed by atoms with van der Waals surface area (Å²) in [6.07, 6.45) is 6.75. The molecule has 4 saturated heterocycles. The van der Waals surface area contributed by atoms with Crippen molar-refractivity contribution < 1.29 is 58.7 Å². The molecule has 12 atom stereocenters. The quantitative estimate of drug-likeness (QED) is 0.141. The molecular weight excluding hydrogens is 1480 g/mol. The lowest BCUT2D eigenvalue weighted by atomic mass is 9.91. The average Bonchev–Trinajstić information content (AvgIpc) is 1.09. The predicted octanol–water partition coefficient (Wildman–Crippen LogP) is 15.8. The van der Waals surface area contributed by atoms with Gasteiger partial charge in [0.15, 0.2) is 11.3 Å². The van der Waals surface area contributed by atoms with Gasteiger partial charge in [0, 0.05) is 108 Å². The fraction of sp³-hybridized carbons (Fsp3) is 0.388. The molecule has 8 fully saturated rings. The minimum absolute atomic E-state index is 0.0362. The molecule has 4 amide bonds. The number of carbonyl (C=O) groups excluding carboxylic acids is 4. The number of hydrogen-bond acceptors (Lipinski definition) is 12. The maximum Gasteiger partial charge on any atom is 0.416 e. The average molecular weight is 1560 g/mol. The van der Waals surface area contributed by atoms with Crippen molar-refractivity contribution in [3.63, 3.8) is 0 Å². The molecule has 588 valence electrons. The summed E-state index contributed by atoms with van der Waals surface area (Å²) in [5.41, 5.74) is 5.24. The van der Waals surface area contributed by atoms with E-state index in [4.69, 9.17) is 0 Å². The van der Waals surface area contributed by atoms with Gasteiger partial charge in [-0.25, -0.2) is 34.1 Å². The fourth-order valence-corrected chi connectivity index (χ4v) is 20.1. The summed E-state index contributed by atoms with van der Waals surface area (Å²) in [4.78, 5) is 87.5. The first-order valence-electron chi connectivity index (χ1n) is 38.7. The van der Waals surface area contributed by atoms with Crippen molar-refractivity contribution in [1.29, 1.82) is 0 Å². The first-order valence-corrected chi connectivity index (χ1v) is 38.7. The standard InChI is InChI=1S/C22H21F3N4O.C22H20F3N3O.C21H19F3N4O.C20H21N5O/c1-28-20-17(6-4-8-26-20)19(27-28)21(30)29-11-14-9-13(10-15(14)12-29)16-5-2-3-7-18(16)22(23,24)25;23-22(24,25)19-6-2-1-4-16(19)13-8-14-11-28(12-15(14)9-13)21(29)18-10-27-20-17(18)5-3-7-26-20;22-21(23,24)17-5-2-1-4-16(17)13-8-14-11-27(12-15(14)9-13)19(29)18-10-26-20-25-6-3-7-28(18)20;1-13-5-2-3-6-17(13)14-9-15-11-24(12-16(15)10-14)19(26)18-22-20-21-7-4-8-25(20)23-18/h2-8,13-15H,9-12H2,1H3;1-7,10,13-15H,8-9,11-12H2,(H,26,27);1-7,10,13-15H,8-9,11-12H2;2-8,14-16H,9-12H2,1H3/t3*13?,14-,15+;14?,15-,16+. The number of benzene rings is 4. The first kappa shape index (κ1) is 75.3. The van der Waals surface area contributed by atoms with Crippen molar-refractivity contribution in [2.45, 2.75) is 100 Å². The van der Waals surface area contributed by atoms with Crippen LogP contribution in [-0.2, 0) is 25.6 Å². The molecule has 8 aromatic heterocycles. The van der Waals surface area contributed by atoms with Gasteiger partial charge in [-0.05, 0) is 212 Å². The third-order valence-electron chi connectivity index (χ3n) is 25.2. The number of halogens is 9. The molecule has 1 N–H and O–H groups in total. The van der Waals surface area contributed by atoms with E-state index in [0.29, 0.717) is 152 Å². The van der Waals surface area contributed by atoms with E-state index < -0.39 is 35.2 Å². The van der Waals surface area contributed by atoms with Gasteiger partial charge in [0.05, 0.1) is 33.8 Å². The van der Waals surface area contributed by atoms with Gasteiger partial charge in [0.25, 0.3) is 29.4 Å².